The van der Waals surface area contributed by atoms with Crippen LogP contribution in [-0.2, 0) is 14.3 Å². The van der Waals surface area contributed by atoms with Crippen molar-refractivity contribution in [2.24, 2.45) is 5.92 Å². The molecule has 1 amide bonds. The van der Waals surface area contributed by atoms with Crippen molar-refractivity contribution >= 4 is 5.91 Å². The maximum Gasteiger partial charge on any atom is 0.246 e. The topological polar surface area (TPSA) is 108 Å². The lowest BCUT2D eigenvalue weighted by Crippen LogP contribution is -2.48. The van der Waals surface area contributed by atoms with Crippen LogP contribution >= 0.6 is 0 Å². The Kier molecular flexibility index (Phi) is 22.7. The lowest BCUT2D eigenvalue weighted by Gasteiger charge is -2.37. The van der Waals surface area contributed by atoms with Crippen molar-refractivity contribution in [1.29, 1.82) is 0 Å². The van der Waals surface area contributed by atoms with E-state index in [9.17, 15) is 15.0 Å². The fourth-order valence-corrected chi connectivity index (χ4v) is 5.64. The van der Waals surface area contributed by atoms with Gasteiger partial charge in [0.15, 0.2) is 6.29 Å². The fraction of sp³-hybridized carbons (Fsp3) is 0.912. The molecule has 4 N–H and O–H groups in total. The van der Waals surface area contributed by atoms with Gasteiger partial charge in [0.1, 0.15) is 6.10 Å². The molecule has 1 aliphatic rings. The van der Waals surface area contributed by atoms with Gasteiger partial charge in [-0.1, -0.05) is 122 Å². The van der Waals surface area contributed by atoms with Crippen molar-refractivity contribution in [1.82, 2.24) is 5.32 Å². The zero-order chi connectivity index (χ0) is 30.3. The first-order chi connectivity index (χ1) is 19.8. The summed E-state index contributed by atoms with van der Waals surface area (Å²) < 4.78 is 11.9. The van der Waals surface area contributed by atoms with E-state index in [-0.39, 0.29) is 37.5 Å². The van der Waals surface area contributed by atoms with Gasteiger partial charge in [-0.15, -0.1) is 0 Å². The molecule has 1 heterocycles. The van der Waals surface area contributed by atoms with Crippen LogP contribution in [-0.4, -0.2) is 65.1 Å². The molecule has 7 nitrogen and oxygen atoms in total. The molecule has 1 saturated heterocycles. The molecule has 0 bridgehead atoms. The van der Waals surface area contributed by atoms with Crippen LogP contribution in [0.25, 0.3) is 0 Å². The number of hydrogen-bond acceptors (Lipinski definition) is 6. The van der Waals surface area contributed by atoms with Gasteiger partial charge in [0, 0.05) is 24.5 Å². The number of unbranched alkanes of at least 4 members (excludes halogenated alkanes) is 16. The smallest absolute Gasteiger partial charge is 0.246 e. The highest BCUT2D eigenvalue weighted by atomic mass is 16.7. The number of rotatable bonds is 25. The highest BCUT2D eigenvalue weighted by Crippen LogP contribution is 2.27. The maximum atomic E-state index is 12.4. The summed E-state index contributed by atoms with van der Waals surface area (Å²) in [4.78, 5) is 12.4. The van der Waals surface area contributed by atoms with Gasteiger partial charge < -0.3 is 30.1 Å². The molecule has 41 heavy (non-hydrogen) atoms. The molecule has 7 heteroatoms. The Balaban J connectivity index is 2.31. The van der Waals surface area contributed by atoms with Crippen LogP contribution < -0.4 is 5.32 Å². The number of nitrogens with one attached hydrogen (secondary N) is 1. The Morgan fingerprint density at radius 2 is 1.37 bits per heavy atom. The van der Waals surface area contributed by atoms with E-state index in [1.165, 1.54) is 96.3 Å². The van der Waals surface area contributed by atoms with E-state index >= 15 is 0 Å². The first kappa shape index (κ1) is 38.0. The molecule has 1 aliphatic heterocycles. The van der Waals surface area contributed by atoms with E-state index < -0.39 is 24.6 Å². The summed E-state index contributed by atoms with van der Waals surface area (Å²) >= 11 is 0. The monoisotopic (exact) mass is 583 g/mol. The van der Waals surface area contributed by atoms with E-state index in [2.05, 4.69) is 12.2 Å². The van der Waals surface area contributed by atoms with Crippen molar-refractivity contribution in [3.8, 4) is 0 Å². The van der Waals surface area contributed by atoms with Crippen molar-refractivity contribution in [3.63, 3.8) is 0 Å². The van der Waals surface area contributed by atoms with Gasteiger partial charge in [-0.25, -0.2) is 0 Å². The van der Waals surface area contributed by atoms with Crippen LogP contribution in [0.5, 0.6) is 0 Å². The minimum Gasteiger partial charge on any atom is -0.395 e. The van der Waals surface area contributed by atoms with Crippen LogP contribution in [0.3, 0.4) is 0 Å². The van der Waals surface area contributed by atoms with E-state index in [4.69, 9.17) is 14.6 Å². The quantitative estimate of drug-likeness (QED) is 0.0683. The van der Waals surface area contributed by atoms with Gasteiger partial charge in [-0.3, -0.25) is 4.79 Å². The third-order valence-corrected chi connectivity index (χ3v) is 8.50. The van der Waals surface area contributed by atoms with E-state index in [0.717, 1.165) is 19.3 Å². The summed E-state index contributed by atoms with van der Waals surface area (Å²) in [6.45, 7) is 7.93. The Morgan fingerprint density at radius 1 is 0.878 bits per heavy atom. The zero-order valence-corrected chi connectivity index (χ0v) is 27.0. The second kappa shape index (κ2) is 24.5. The normalized spacial score (nSPS) is 23.0. The molecule has 0 saturated carbocycles. The van der Waals surface area contributed by atoms with Crippen LogP contribution in [0.15, 0.2) is 11.6 Å². The molecule has 0 aliphatic carbocycles. The molecule has 242 valence electrons. The van der Waals surface area contributed by atoms with Gasteiger partial charge in [0.05, 0.1) is 24.9 Å². The van der Waals surface area contributed by atoms with Gasteiger partial charge in [0.2, 0.25) is 5.91 Å². The van der Waals surface area contributed by atoms with Crippen LogP contribution in [0.4, 0.5) is 0 Å². The minimum absolute atomic E-state index is 0.0100. The van der Waals surface area contributed by atoms with Crippen LogP contribution in [0, 0.1) is 5.92 Å². The first-order valence-corrected chi connectivity index (χ1v) is 17.0. The van der Waals surface area contributed by atoms with Crippen LogP contribution in [0.2, 0.25) is 0 Å². The molecule has 0 aromatic rings. The molecular weight excluding hydrogens is 518 g/mol. The lowest BCUT2D eigenvalue weighted by atomic mass is 9.93. The summed E-state index contributed by atoms with van der Waals surface area (Å²) in [7, 11) is 0. The molecule has 1 fully saturated rings. The Morgan fingerprint density at radius 3 is 1.85 bits per heavy atom. The molecule has 0 radical (unpaired) electrons. The third kappa shape index (κ3) is 18.3. The van der Waals surface area contributed by atoms with Gasteiger partial charge in [-0.2, -0.15) is 0 Å². The number of carbonyl (C=O) groups excluding carboxylic acids is 1. The minimum atomic E-state index is -0.887. The summed E-state index contributed by atoms with van der Waals surface area (Å²) in [5.41, 5.74) is 0.597. The average Bonchev–Trinajstić information content (AvgIpc) is 2.95. The molecule has 0 aromatic heterocycles. The lowest BCUT2D eigenvalue weighted by molar-refractivity contribution is -0.276. The molecule has 1 rings (SSSR count). The van der Waals surface area contributed by atoms with Crippen molar-refractivity contribution in [2.45, 2.75) is 180 Å². The van der Waals surface area contributed by atoms with Gasteiger partial charge in [0.25, 0.3) is 0 Å². The highest BCUT2D eigenvalue weighted by Gasteiger charge is 2.36. The standard InChI is InChI=1S/C34H65NO6/c1-5-6-7-8-9-10-11-12-13-14-15-16-17-18-19-20-21-22-30(25-27(2)33(39)35-23-24-36)28(3)40-34-32(38)26-31(37)29(4)41-34/h25,28-32,34,36-38H,5-24,26H2,1-4H3,(H,35,39)/b27-25+/t28-,29?,30?,31-,32?,34-/m1/s1. The highest BCUT2D eigenvalue weighted by molar-refractivity contribution is 5.92. The zero-order valence-electron chi connectivity index (χ0n) is 27.0. The predicted octanol–water partition coefficient (Wildman–Crippen LogP) is 6.96. The summed E-state index contributed by atoms with van der Waals surface area (Å²) in [5, 5.41) is 32.1. The summed E-state index contributed by atoms with van der Waals surface area (Å²) in [6.07, 6.45) is 22.7. The third-order valence-electron chi connectivity index (χ3n) is 8.50. The fourth-order valence-electron chi connectivity index (χ4n) is 5.64. The van der Waals surface area contributed by atoms with E-state index in [1.54, 1.807) is 13.8 Å². The molecular formula is C34H65NO6. The van der Waals surface area contributed by atoms with Gasteiger partial charge in [-0.05, 0) is 27.2 Å². The van der Waals surface area contributed by atoms with E-state index in [1.807, 2.05) is 13.0 Å². The number of aliphatic hydroxyl groups is 3. The van der Waals surface area contributed by atoms with Crippen molar-refractivity contribution < 1.29 is 29.6 Å². The molecule has 3 unspecified atom stereocenters. The Hall–Kier alpha value is -0.990. The number of amides is 1. The molecule has 0 spiro atoms. The molecule has 6 atom stereocenters. The number of carbonyl (C=O) groups is 1. The second-order valence-corrected chi connectivity index (χ2v) is 12.4. The summed E-state index contributed by atoms with van der Waals surface area (Å²) in [6, 6.07) is 0. The first-order valence-electron chi connectivity index (χ1n) is 17.0. The predicted molar refractivity (Wildman–Crippen MR) is 168 cm³/mol. The second-order valence-electron chi connectivity index (χ2n) is 12.4. The van der Waals surface area contributed by atoms with Crippen molar-refractivity contribution in [2.75, 3.05) is 13.2 Å². The van der Waals surface area contributed by atoms with Crippen molar-refractivity contribution in [3.05, 3.63) is 11.6 Å². The number of ether oxygens (including phenoxy) is 2. The van der Waals surface area contributed by atoms with E-state index in [0.29, 0.717) is 5.57 Å². The summed E-state index contributed by atoms with van der Waals surface area (Å²) in [5.74, 6) is -0.200. The molecule has 0 aromatic carbocycles. The Labute approximate surface area is 251 Å². The maximum absolute atomic E-state index is 12.4. The SMILES string of the molecule is CCCCCCCCCCCCCCCCCCCC(/C=C(\C)C(=O)NCCO)[C@@H](C)O[C@@H]1OC(C)[C@H](O)CC1O. The number of hydrogen-bond donors (Lipinski definition) is 4. The largest absolute Gasteiger partial charge is 0.395 e. The average molecular weight is 584 g/mol. The van der Waals surface area contributed by atoms with Crippen LogP contribution in [0.1, 0.15) is 150 Å². The number of aliphatic hydroxyl groups excluding tert-OH is 3. The Bertz CT molecular complexity index is 672. The van der Waals surface area contributed by atoms with Gasteiger partial charge >= 0.3 is 0 Å².